The Morgan fingerprint density at radius 3 is 2.84 bits per heavy atom. The average Bonchev–Trinajstić information content (AvgIpc) is 3.22. The van der Waals surface area contributed by atoms with Crippen molar-refractivity contribution >= 4 is 22.6 Å². The Morgan fingerprint density at radius 2 is 2.04 bits per heavy atom. The Kier molecular flexibility index (Phi) is 5.33. The van der Waals surface area contributed by atoms with Gasteiger partial charge in [0.25, 0.3) is 0 Å². The summed E-state index contributed by atoms with van der Waals surface area (Å²) < 4.78 is 4.17. The van der Waals surface area contributed by atoms with Crippen molar-refractivity contribution in [2.45, 2.75) is 39.8 Å². The van der Waals surface area contributed by atoms with Gasteiger partial charge in [0.15, 0.2) is 0 Å². The predicted octanol–water partition coefficient (Wildman–Crippen LogP) is 3.03. The number of urea groups is 1. The second kappa shape index (κ2) is 7.83. The van der Waals surface area contributed by atoms with Crippen molar-refractivity contribution in [3.63, 3.8) is 0 Å². The topological polar surface area (TPSA) is 76.8 Å². The molecule has 0 unspecified atom stereocenters. The molecule has 25 heavy (non-hydrogen) atoms. The summed E-state index contributed by atoms with van der Waals surface area (Å²) in [5.74, 6) is 0.921. The van der Waals surface area contributed by atoms with E-state index >= 15 is 0 Å². The predicted molar refractivity (Wildman–Crippen MR) is 98.7 cm³/mol. The van der Waals surface area contributed by atoms with Crippen molar-refractivity contribution in [2.75, 3.05) is 11.9 Å². The van der Waals surface area contributed by atoms with Crippen LogP contribution in [0.3, 0.4) is 0 Å². The van der Waals surface area contributed by atoms with Gasteiger partial charge in [-0.05, 0) is 30.7 Å². The number of benzene rings is 1. The van der Waals surface area contributed by atoms with Gasteiger partial charge in [-0.1, -0.05) is 13.8 Å². The van der Waals surface area contributed by atoms with Crippen LogP contribution in [0.5, 0.6) is 0 Å². The van der Waals surface area contributed by atoms with E-state index in [1.165, 1.54) is 5.52 Å². The number of nitrogens with one attached hydrogen (secondary N) is 2. The van der Waals surface area contributed by atoms with Crippen molar-refractivity contribution in [1.82, 2.24) is 24.6 Å². The highest BCUT2D eigenvalue weighted by atomic mass is 16.2. The number of nitrogens with zero attached hydrogens (tertiary/aromatic N) is 4. The first-order valence-electron chi connectivity index (χ1n) is 8.71. The third kappa shape index (κ3) is 3.99. The molecule has 0 aliphatic carbocycles. The molecule has 0 saturated carbocycles. The lowest BCUT2D eigenvalue weighted by Crippen LogP contribution is -2.31. The first-order chi connectivity index (χ1) is 12.2. The lowest BCUT2D eigenvalue weighted by molar-refractivity contribution is 0.251. The minimum absolute atomic E-state index is 0.210. The number of aryl methyl sites for hydroxylation is 2. The number of hydrogen-bond acceptors (Lipinski definition) is 3. The summed E-state index contributed by atoms with van der Waals surface area (Å²) in [6, 6.07) is 7.84. The fraction of sp³-hybridized carbons (Fsp3) is 0.389. The van der Waals surface area contributed by atoms with Gasteiger partial charge in [-0.15, -0.1) is 10.2 Å². The van der Waals surface area contributed by atoms with Crippen LogP contribution in [0.25, 0.3) is 10.9 Å². The van der Waals surface area contributed by atoms with Crippen molar-refractivity contribution in [3.05, 3.63) is 42.6 Å². The molecule has 0 atom stereocenters. The maximum Gasteiger partial charge on any atom is 0.319 e. The molecule has 2 amide bonds. The van der Waals surface area contributed by atoms with Crippen LogP contribution >= 0.6 is 0 Å². The van der Waals surface area contributed by atoms with Crippen molar-refractivity contribution < 1.29 is 4.79 Å². The third-order valence-electron chi connectivity index (χ3n) is 4.14. The highest BCUT2D eigenvalue weighted by Gasteiger charge is 2.06. The van der Waals surface area contributed by atoms with Gasteiger partial charge in [0.2, 0.25) is 0 Å². The molecule has 1 aromatic carbocycles. The fourth-order valence-electron chi connectivity index (χ4n) is 2.92. The normalized spacial score (nSPS) is 11.0. The zero-order valence-corrected chi connectivity index (χ0v) is 14.7. The second-order valence-corrected chi connectivity index (χ2v) is 5.96. The highest BCUT2D eigenvalue weighted by molar-refractivity contribution is 5.92. The molecule has 3 aromatic rings. The summed E-state index contributed by atoms with van der Waals surface area (Å²) in [6.07, 6.45) is 5.69. The molecular weight excluding hydrogens is 316 g/mol. The van der Waals surface area contributed by atoms with Crippen LogP contribution in [0, 0.1) is 0 Å². The molecule has 132 valence electrons. The number of aromatic nitrogens is 4. The summed E-state index contributed by atoms with van der Waals surface area (Å²) in [5.41, 5.74) is 1.98. The second-order valence-electron chi connectivity index (χ2n) is 5.96. The average molecular weight is 340 g/mol. The molecule has 0 fully saturated rings. The van der Waals surface area contributed by atoms with Crippen molar-refractivity contribution in [1.29, 1.82) is 0 Å². The van der Waals surface area contributed by atoms with E-state index in [4.69, 9.17) is 0 Å². The minimum atomic E-state index is -0.210. The molecule has 2 N–H and O–H groups in total. The number of rotatable bonds is 7. The summed E-state index contributed by atoms with van der Waals surface area (Å²) in [6.45, 7) is 6.37. The molecule has 0 radical (unpaired) electrons. The monoisotopic (exact) mass is 340 g/mol. The van der Waals surface area contributed by atoms with E-state index in [1.54, 1.807) is 6.33 Å². The molecule has 7 heteroatoms. The number of carbonyl (C=O) groups is 1. The van der Waals surface area contributed by atoms with Gasteiger partial charge in [0.1, 0.15) is 12.2 Å². The van der Waals surface area contributed by atoms with Gasteiger partial charge < -0.3 is 19.8 Å². The summed E-state index contributed by atoms with van der Waals surface area (Å²) in [7, 11) is 0. The molecule has 3 rings (SSSR count). The standard InChI is InChI=1S/C18H24N6O/c1-3-9-23-10-7-14-12-15(5-6-16(14)23)21-18(25)19-8-11-24-13-20-22-17(24)4-2/h5-7,10,12-13H,3-4,8-9,11H2,1-2H3,(H2,19,21,25). The molecule has 2 heterocycles. The van der Waals surface area contributed by atoms with Crippen LogP contribution in [0.4, 0.5) is 10.5 Å². The molecule has 7 nitrogen and oxygen atoms in total. The molecule has 0 spiro atoms. The molecular formula is C18H24N6O. The van der Waals surface area contributed by atoms with Gasteiger partial charge >= 0.3 is 6.03 Å². The maximum absolute atomic E-state index is 12.1. The Bertz CT molecular complexity index is 850. The summed E-state index contributed by atoms with van der Waals surface area (Å²) in [4.78, 5) is 12.1. The van der Waals surface area contributed by atoms with E-state index in [1.807, 2.05) is 29.7 Å². The molecule has 2 aromatic heterocycles. The smallest absolute Gasteiger partial charge is 0.319 e. The van der Waals surface area contributed by atoms with Gasteiger partial charge in [0.05, 0.1) is 0 Å². The van der Waals surface area contributed by atoms with Gasteiger partial charge in [0, 0.05) is 48.8 Å². The van der Waals surface area contributed by atoms with E-state index in [0.717, 1.165) is 36.3 Å². The van der Waals surface area contributed by atoms with E-state index < -0.39 is 0 Å². The van der Waals surface area contributed by atoms with E-state index in [9.17, 15) is 4.79 Å². The molecule has 0 saturated heterocycles. The van der Waals surface area contributed by atoms with E-state index in [0.29, 0.717) is 13.1 Å². The molecule has 0 bridgehead atoms. The number of hydrogen-bond donors (Lipinski definition) is 2. The number of amides is 2. The van der Waals surface area contributed by atoms with Crippen molar-refractivity contribution in [2.24, 2.45) is 0 Å². The first kappa shape index (κ1) is 17.0. The summed E-state index contributed by atoms with van der Waals surface area (Å²) in [5, 5.41) is 14.8. The van der Waals surface area contributed by atoms with Crippen LogP contribution < -0.4 is 10.6 Å². The third-order valence-corrected chi connectivity index (χ3v) is 4.14. The van der Waals surface area contributed by atoms with Crippen LogP contribution in [-0.2, 0) is 19.5 Å². The van der Waals surface area contributed by atoms with Gasteiger partial charge in [-0.2, -0.15) is 0 Å². The maximum atomic E-state index is 12.1. The summed E-state index contributed by atoms with van der Waals surface area (Å²) >= 11 is 0. The number of carbonyl (C=O) groups excluding carboxylic acids is 1. The number of anilines is 1. The first-order valence-corrected chi connectivity index (χ1v) is 8.71. The largest absolute Gasteiger partial charge is 0.347 e. The van der Waals surface area contributed by atoms with Crippen LogP contribution in [0.2, 0.25) is 0 Å². The zero-order valence-electron chi connectivity index (χ0n) is 14.7. The SMILES string of the molecule is CCCn1ccc2cc(NC(=O)NCCn3cnnc3CC)ccc21. The lowest BCUT2D eigenvalue weighted by Gasteiger charge is -2.09. The molecule has 0 aliphatic heterocycles. The highest BCUT2D eigenvalue weighted by Crippen LogP contribution is 2.20. The van der Waals surface area contributed by atoms with Crippen molar-refractivity contribution in [3.8, 4) is 0 Å². The fourth-order valence-corrected chi connectivity index (χ4v) is 2.92. The molecule has 0 aliphatic rings. The Hall–Kier alpha value is -2.83. The van der Waals surface area contributed by atoms with Crippen LogP contribution in [0.15, 0.2) is 36.8 Å². The van der Waals surface area contributed by atoms with Crippen LogP contribution in [-0.4, -0.2) is 31.9 Å². The Balaban J connectivity index is 1.55. The van der Waals surface area contributed by atoms with Gasteiger partial charge in [-0.3, -0.25) is 0 Å². The van der Waals surface area contributed by atoms with E-state index in [-0.39, 0.29) is 6.03 Å². The van der Waals surface area contributed by atoms with E-state index in [2.05, 4.69) is 44.6 Å². The lowest BCUT2D eigenvalue weighted by atomic mass is 10.2. The van der Waals surface area contributed by atoms with Gasteiger partial charge in [-0.25, -0.2) is 4.79 Å². The van der Waals surface area contributed by atoms with Crippen LogP contribution in [0.1, 0.15) is 26.1 Å². The quantitative estimate of drug-likeness (QED) is 0.694. The Morgan fingerprint density at radius 1 is 1.16 bits per heavy atom. The Labute approximate surface area is 147 Å². The zero-order chi connectivity index (χ0) is 17.6. The number of fused-ring (bicyclic) bond motifs is 1. The minimum Gasteiger partial charge on any atom is -0.347 e.